The molecule has 0 spiro atoms. The van der Waals surface area contributed by atoms with Crippen molar-refractivity contribution in [2.75, 3.05) is 17.7 Å². The van der Waals surface area contributed by atoms with Gasteiger partial charge in [0.25, 0.3) is 5.91 Å². The van der Waals surface area contributed by atoms with Crippen molar-refractivity contribution in [3.05, 3.63) is 83.1 Å². The van der Waals surface area contributed by atoms with Gasteiger partial charge in [0.2, 0.25) is 0 Å². The first-order chi connectivity index (χ1) is 12.7. The zero-order valence-corrected chi connectivity index (χ0v) is 15.0. The Morgan fingerprint density at radius 3 is 2.69 bits per heavy atom. The van der Waals surface area contributed by atoms with Gasteiger partial charge in [-0.2, -0.15) is 0 Å². The van der Waals surface area contributed by atoms with Crippen molar-refractivity contribution in [1.82, 2.24) is 4.98 Å². The van der Waals surface area contributed by atoms with E-state index < -0.39 is 0 Å². The van der Waals surface area contributed by atoms with E-state index in [1.165, 1.54) is 6.20 Å². The average molecular weight is 368 g/mol. The van der Waals surface area contributed by atoms with Gasteiger partial charge in [-0.1, -0.05) is 41.9 Å². The number of hydrogen-bond donors (Lipinski definition) is 2. The summed E-state index contributed by atoms with van der Waals surface area (Å²) in [6, 6.07) is 16.6. The van der Waals surface area contributed by atoms with Crippen LogP contribution in [0.25, 0.3) is 0 Å². The number of anilines is 2. The highest BCUT2D eigenvalue weighted by molar-refractivity contribution is 6.33. The van der Waals surface area contributed by atoms with Crippen molar-refractivity contribution in [3.63, 3.8) is 0 Å². The summed E-state index contributed by atoms with van der Waals surface area (Å²) in [4.78, 5) is 16.6. The summed E-state index contributed by atoms with van der Waals surface area (Å²) in [7, 11) is 1.64. The molecule has 0 aliphatic heterocycles. The Bertz CT molecular complexity index is 915. The summed E-state index contributed by atoms with van der Waals surface area (Å²) in [6.07, 6.45) is 3.18. The molecule has 2 N–H and O–H groups in total. The second-order valence-corrected chi connectivity index (χ2v) is 5.97. The molecule has 1 amide bonds. The van der Waals surface area contributed by atoms with E-state index in [0.29, 0.717) is 22.8 Å². The van der Waals surface area contributed by atoms with Crippen LogP contribution in [0, 0.1) is 0 Å². The lowest BCUT2D eigenvalue weighted by molar-refractivity contribution is 0.102. The molecule has 0 atom stereocenters. The number of carbonyl (C=O) groups excluding carboxylic acids is 1. The van der Waals surface area contributed by atoms with Gasteiger partial charge in [-0.15, -0.1) is 0 Å². The van der Waals surface area contributed by atoms with E-state index in [2.05, 4.69) is 15.6 Å². The van der Waals surface area contributed by atoms with Crippen molar-refractivity contribution in [2.24, 2.45) is 0 Å². The molecular weight excluding hydrogens is 350 g/mol. The molecule has 0 aliphatic carbocycles. The van der Waals surface area contributed by atoms with E-state index in [0.717, 1.165) is 17.0 Å². The lowest BCUT2D eigenvalue weighted by Crippen LogP contribution is -2.13. The molecule has 3 aromatic rings. The number of nitrogens with zero attached hydrogens (tertiary/aromatic N) is 1. The smallest absolute Gasteiger partial charge is 0.257 e. The average Bonchev–Trinajstić information content (AvgIpc) is 2.68. The van der Waals surface area contributed by atoms with E-state index in [4.69, 9.17) is 16.3 Å². The summed E-state index contributed by atoms with van der Waals surface area (Å²) < 4.78 is 5.34. The minimum Gasteiger partial charge on any atom is -0.496 e. The molecule has 0 unspecified atom stereocenters. The van der Waals surface area contributed by atoms with Crippen LogP contribution in [0.4, 0.5) is 11.4 Å². The first-order valence-electron chi connectivity index (χ1n) is 8.04. The summed E-state index contributed by atoms with van der Waals surface area (Å²) in [5.74, 6) is 0.534. The zero-order valence-electron chi connectivity index (χ0n) is 14.2. The number of aromatic nitrogens is 1. The third kappa shape index (κ3) is 4.32. The van der Waals surface area contributed by atoms with Crippen LogP contribution in [0.1, 0.15) is 15.9 Å². The Kier molecular flexibility index (Phi) is 5.71. The van der Waals surface area contributed by atoms with Gasteiger partial charge in [0.15, 0.2) is 0 Å². The fourth-order valence-corrected chi connectivity index (χ4v) is 2.65. The van der Waals surface area contributed by atoms with Crippen molar-refractivity contribution >= 4 is 28.9 Å². The third-order valence-corrected chi connectivity index (χ3v) is 4.13. The second kappa shape index (κ2) is 8.36. The van der Waals surface area contributed by atoms with Gasteiger partial charge in [0.05, 0.1) is 29.1 Å². The number of carbonyl (C=O) groups is 1. The largest absolute Gasteiger partial charge is 0.496 e. The Labute approximate surface area is 157 Å². The number of pyridine rings is 1. The van der Waals surface area contributed by atoms with E-state index in [9.17, 15) is 4.79 Å². The second-order valence-electron chi connectivity index (χ2n) is 5.56. The minimum atomic E-state index is -0.272. The molecule has 0 aliphatic rings. The predicted molar refractivity (Wildman–Crippen MR) is 104 cm³/mol. The summed E-state index contributed by atoms with van der Waals surface area (Å²) in [5.41, 5.74) is 2.75. The third-order valence-electron chi connectivity index (χ3n) is 3.80. The number of methoxy groups -OCH3 is 1. The van der Waals surface area contributed by atoms with Crippen molar-refractivity contribution in [1.29, 1.82) is 0 Å². The van der Waals surface area contributed by atoms with E-state index in [-0.39, 0.29) is 5.91 Å². The van der Waals surface area contributed by atoms with Gasteiger partial charge >= 0.3 is 0 Å². The summed E-state index contributed by atoms with van der Waals surface area (Å²) >= 11 is 6.08. The number of hydrogen-bond acceptors (Lipinski definition) is 4. The SMILES string of the molecule is COc1ccccc1CNc1cncc(C(=O)Nc2ccccc2Cl)c1. The van der Waals surface area contributed by atoms with Crippen LogP contribution in [-0.4, -0.2) is 18.0 Å². The standard InChI is InChI=1S/C20H18ClN3O2/c1-26-19-9-5-2-6-14(19)12-23-16-10-15(11-22-13-16)20(25)24-18-8-4-3-7-17(18)21/h2-11,13,23H,12H2,1H3,(H,24,25). The predicted octanol–water partition coefficient (Wildman–Crippen LogP) is 4.61. The number of para-hydroxylation sites is 2. The Balaban J connectivity index is 1.70. The number of amides is 1. The van der Waals surface area contributed by atoms with Crippen LogP contribution in [0.3, 0.4) is 0 Å². The minimum absolute atomic E-state index is 0.272. The number of halogens is 1. The molecule has 0 saturated carbocycles. The Morgan fingerprint density at radius 1 is 1.12 bits per heavy atom. The van der Waals surface area contributed by atoms with Crippen LogP contribution in [0.15, 0.2) is 67.0 Å². The summed E-state index contributed by atoms with van der Waals surface area (Å²) in [6.45, 7) is 0.557. The highest BCUT2D eigenvalue weighted by Crippen LogP contribution is 2.22. The van der Waals surface area contributed by atoms with Crippen molar-refractivity contribution < 1.29 is 9.53 Å². The van der Waals surface area contributed by atoms with E-state index in [1.807, 2.05) is 36.4 Å². The van der Waals surface area contributed by atoms with Gasteiger partial charge in [0.1, 0.15) is 5.75 Å². The van der Waals surface area contributed by atoms with Crippen LogP contribution >= 0.6 is 11.6 Å². The number of nitrogens with one attached hydrogen (secondary N) is 2. The first kappa shape index (κ1) is 17.8. The van der Waals surface area contributed by atoms with Crippen molar-refractivity contribution in [3.8, 4) is 5.75 Å². The molecule has 132 valence electrons. The molecule has 26 heavy (non-hydrogen) atoms. The molecule has 3 rings (SSSR count). The maximum Gasteiger partial charge on any atom is 0.257 e. The lowest BCUT2D eigenvalue weighted by atomic mass is 10.2. The maximum atomic E-state index is 12.4. The zero-order chi connectivity index (χ0) is 18.4. The molecule has 5 nitrogen and oxygen atoms in total. The van der Waals surface area contributed by atoms with Gasteiger partial charge in [-0.3, -0.25) is 9.78 Å². The fourth-order valence-electron chi connectivity index (χ4n) is 2.46. The molecule has 1 aromatic heterocycles. The fraction of sp³-hybridized carbons (Fsp3) is 0.100. The quantitative estimate of drug-likeness (QED) is 0.668. The molecule has 1 heterocycles. The highest BCUT2D eigenvalue weighted by atomic mass is 35.5. The Morgan fingerprint density at radius 2 is 1.88 bits per heavy atom. The molecule has 0 fully saturated rings. The highest BCUT2D eigenvalue weighted by Gasteiger charge is 2.10. The van der Waals surface area contributed by atoms with Crippen molar-refractivity contribution in [2.45, 2.75) is 6.54 Å². The first-order valence-corrected chi connectivity index (χ1v) is 8.42. The van der Waals surface area contributed by atoms with Crippen LogP contribution in [-0.2, 0) is 6.54 Å². The van der Waals surface area contributed by atoms with Crippen LogP contribution < -0.4 is 15.4 Å². The van der Waals surface area contributed by atoms with Crippen LogP contribution in [0.5, 0.6) is 5.75 Å². The normalized spacial score (nSPS) is 10.2. The molecule has 0 radical (unpaired) electrons. The number of benzene rings is 2. The molecule has 0 saturated heterocycles. The van der Waals surface area contributed by atoms with Gasteiger partial charge in [-0.25, -0.2) is 0 Å². The van der Waals surface area contributed by atoms with E-state index in [1.54, 1.807) is 31.5 Å². The van der Waals surface area contributed by atoms with Gasteiger partial charge < -0.3 is 15.4 Å². The molecular formula is C20H18ClN3O2. The Hall–Kier alpha value is -3.05. The van der Waals surface area contributed by atoms with E-state index >= 15 is 0 Å². The van der Waals surface area contributed by atoms with Gasteiger partial charge in [-0.05, 0) is 24.3 Å². The number of rotatable bonds is 6. The van der Waals surface area contributed by atoms with Gasteiger partial charge in [0, 0.05) is 24.5 Å². The molecule has 2 aromatic carbocycles. The monoisotopic (exact) mass is 367 g/mol. The number of ether oxygens (including phenoxy) is 1. The maximum absolute atomic E-state index is 12.4. The molecule has 6 heteroatoms. The molecule has 0 bridgehead atoms. The van der Waals surface area contributed by atoms with Crippen LogP contribution in [0.2, 0.25) is 5.02 Å². The summed E-state index contributed by atoms with van der Waals surface area (Å²) in [5, 5.41) is 6.53. The lowest BCUT2D eigenvalue weighted by Gasteiger charge is -2.11. The topological polar surface area (TPSA) is 63.2 Å².